The van der Waals surface area contributed by atoms with Crippen molar-refractivity contribution >= 4 is 33.7 Å². The van der Waals surface area contributed by atoms with Gasteiger partial charge in [-0.15, -0.1) is 11.8 Å². The third kappa shape index (κ3) is 6.34. The highest BCUT2D eigenvalue weighted by atomic mass is 32.2. The fourth-order valence-corrected chi connectivity index (χ4v) is 5.96. The number of aryl methyl sites for hydroxylation is 2. The molecule has 1 aliphatic heterocycles. The number of sulfonamides is 1. The van der Waals surface area contributed by atoms with Crippen LogP contribution >= 0.6 is 11.8 Å². The van der Waals surface area contributed by atoms with E-state index in [1.807, 2.05) is 43.3 Å². The number of hydrogen-bond acceptors (Lipinski definition) is 6. The molecule has 0 aromatic heterocycles. The summed E-state index contributed by atoms with van der Waals surface area (Å²) in [5, 5.41) is 0. The number of carbonyl (C=O) groups excluding carboxylic acids is 2. The Kier molecular flexibility index (Phi) is 8.33. The van der Waals surface area contributed by atoms with Crippen LogP contribution in [-0.2, 0) is 24.3 Å². The van der Waals surface area contributed by atoms with Gasteiger partial charge in [-0.1, -0.05) is 35.9 Å². The average Bonchev–Trinajstić information content (AvgIpc) is 2.78. The van der Waals surface area contributed by atoms with Crippen LogP contribution < -0.4 is 0 Å². The van der Waals surface area contributed by atoms with Gasteiger partial charge in [-0.3, -0.25) is 9.59 Å². The maximum absolute atomic E-state index is 13.0. The summed E-state index contributed by atoms with van der Waals surface area (Å²) in [7, 11) is -3.61. The SMILES string of the molecule is Cc1ccc(S(=O)(=O)N2CCN(C(=O)COC(=O)CCSc3ccccc3)CC2)c(C)c1. The van der Waals surface area contributed by atoms with Crippen LogP contribution in [0.3, 0.4) is 0 Å². The van der Waals surface area contributed by atoms with Gasteiger partial charge in [-0.05, 0) is 37.6 Å². The van der Waals surface area contributed by atoms with E-state index in [1.54, 1.807) is 35.7 Å². The van der Waals surface area contributed by atoms with E-state index in [-0.39, 0.29) is 45.1 Å². The van der Waals surface area contributed by atoms with E-state index < -0.39 is 16.0 Å². The summed E-state index contributed by atoms with van der Waals surface area (Å²) in [6.45, 7) is 4.34. The molecule has 172 valence electrons. The molecule has 0 radical (unpaired) electrons. The summed E-state index contributed by atoms with van der Waals surface area (Å²) in [5.74, 6) is -0.151. The Morgan fingerprint density at radius 3 is 2.34 bits per heavy atom. The third-order valence-electron chi connectivity index (χ3n) is 5.21. The zero-order valence-corrected chi connectivity index (χ0v) is 20.0. The largest absolute Gasteiger partial charge is 0.456 e. The summed E-state index contributed by atoms with van der Waals surface area (Å²) in [5.41, 5.74) is 1.71. The van der Waals surface area contributed by atoms with E-state index in [0.717, 1.165) is 10.5 Å². The summed E-state index contributed by atoms with van der Waals surface area (Å²) in [4.78, 5) is 27.2. The second-order valence-corrected chi connectivity index (χ2v) is 10.7. The van der Waals surface area contributed by atoms with Crippen LogP contribution in [0.25, 0.3) is 0 Å². The summed E-state index contributed by atoms with van der Waals surface area (Å²) in [6, 6.07) is 15.0. The van der Waals surface area contributed by atoms with E-state index in [0.29, 0.717) is 16.2 Å². The van der Waals surface area contributed by atoms with Crippen molar-refractivity contribution in [3.05, 3.63) is 59.7 Å². The highest BCUT2D eigenvalue weighted by Crippen LogP contribution is 2.22. The van der Waals surface area contributed by atoms with E-state index in [4.69, 9.17) is 4.74 Å². The predicted octanol–water partition coefficient (Wildman–Crippen LogP) is 2.86. The highest BCUT2D eigenvalue weighted by Gasteiger charge is 2.31. The smallest absolute Gasteiger partial charge is 0.307 e. The van der Waals surface area contributed by atoms with E-state index in [9.17, 15) is 18.0 Å². The minimum Gasteiger partial charge on any atom is -0.456 e. The first-order valence-electron chi connectivity index (χ1n) is 10.5. The van der Waals surface area contributed by atoms with E-state index >= 15 is 0 Å². The van der Waals surface area contributed by atoms with E-state index in [2.05, 4.69) is 0 Å². The molecule has 0 unspecified atom stereocenters. The monoisotopic (exact) mass is 476 g/mol. The molecule has 1 amide bonds. The zero-order valence-electron chi connectivity index (χ0n) is 18.3. The van der Waals surface area contributed by atoms with Gasteiger partial charge in [-0.2, -0.15) is 4.31 Å². The lowest BCUT2D eigenvalue weighted by atomic mass is 10.2. The van der Waals surface area contributed by atoms with Gasteiger partial charge in [0.1, 0.15) is 0 Å². The third-order valence-corrected chi connectivity index (χ3v) is 8.29. The number of esters is 1. The molecule has 32 heavy (non-hydrogen) atoms. The number of ether oxygens (including phenoxy) is 1. The first-order valence-corrected chi connectivity index (χ1v) is 12.9. The van der Waals surface area contributed by atoms with Crippen LogP contribution in [0.2, 0.25) is 0 Å². The molecular weight excluding hydrogens is 448 g/mol. The van der Waals surface area contributed by atoms with Gasteiger partial charge in [-0.25, -0.2) is 8.42 Å². The van der Waals surface area contributed by atoms with Crippen molar-refractivity contribution in [1.29, 1.82) is 0 Å². The molecule has 0 spiro atoms. The quantitative estimate of drug-likeness (QED) is 0.430. The van der Waals surface area contributed by atoms with Crippen molar-refractivity contribution < 1.29 is 22.7 Å². The number of thioether (sulfide) groups is 1. The second kappa shape index (κ2) is 11.0. The van der Waals surface area contributed by atoms with Crippen molar-refractivity contribution in [3.8, 4) is 0 Å². The van der Waals surface area contributed by atoms with Crippen LogP contribution in [0.4, 0.5) is 0 Å². The minimum atomic E-state index is -3.61. The molecule has 1 heterocycles. The topological polar surface area (TPSA) is 84.0 Å². The molecular formula is C23H28N2O5S2. The van der Waals surface area contributed by atoms with E-state index in [1.165, 1.54) is 4.31 Å². The Labute approximate surface area is 193 Å². The first-order chi connectivity index (χ1) is 15.3. The molecule has 0 atom stereocenters. The number of benzene rings is 2. The van der Waals surface area contributed by atoms with Crippen LogP contribution in [0.15, 0.2) is 58.3 Å². The normalized spacial score (nSPS) is 14.9. The molecule has 3 rings (SSSR count). The van der Waals surface area contributed by atoms with Gasteiger partial charge < -0.3 is 9.64 Å². The van der Waals surface area contributed by atoms with Gasteiger partial charge in [0, 0.05) is 36.8 Å². The van der Waals surface area contributed by atoms with Gasteiger partial charge in [0.15, 0.2) is 6.61 Å². The molecule has 7 nitrogen and oxygen atoms in total. The number of amides is 1. The van der Waals surface area contributed by atoms with Gasteiger partial charge in [0.25, 0.3) is 5.91 Å². The second-order valence-electron chi connectivity index (χ2n) is 7.63. The highest BCUT2D eigenvalue weighted by molar-refractivity contribution is 7.99. The minimum absolute atomic E-state index is 0.211. The first kappa shape index (κ1) is 24.3. The standard InChI is InChI=1S/C23H28N2O5S2/c1-18-8-9-21(19(2)16-18)32(28,29)25-13-11-24(12-14-25)22(26)17-30-23(27)10-15-31-20-6-4-3-5-7-20/h3-9,16H,10-15,17H2,1-2H3. The predicted molar refractivity (Wildman–Crippen MR) is 124 cm³/mol. The fraction of sp³-hybridized carbons (Fsp3) is 0.391. The molecule has 2 aromatic rings. The number of piperazine rings is 1. The molecule has 9 heteroatoms. The molecule has 0 saturated carbocycles. The number of nitrogens with zero attached hydrogens (tertiary/aromatic N) is 2. The Hall–Kier alpha value is -2.36. The maximum Gasteiger partial charge on any atom is 0.307 e. The fourth-order valence-electron chi connectivity index (χ4n) is 3.48. The zero-order chi connectivity index (χ0) is 23.1. The summed E-state index contributed by atoms with van der Waals surface area (Å²) in [6.07, 6.45) is 0.217. The molecule has 0 bridgehead atoms. The van der Waals surface area contributed by atoms with Crippen LogP contribution in [0.1, 0.15) is 17.5 Å². The van der Waals surface area contributed by atoms with Crippen molar-refractivity contribution in [2.45, 2.75) is 30.1 Å². The van der Waals surface area contributed by atoms with Crippen LogP contribution in [-0.4, -0.2) is 68.0 Å². The van der Waals surface area contributed by atoms with Crippen molar-refractivity contribution in [3.63, 3.8) is 0 Å². The average molecular weight is 477 g/mol. The Morgan fingerprint density at radius 1 is 1.00 bits per heavy atom. The maximum atomic E-state index is 13.0. The lowest BCUT2D eigenvalue weighted by molar-refractivity contribution is -0.152. The molecule has 1 fully saturated rings. The Bertz CT molecular complexity index is 1050. The molecule has 1 aliphatic rings. The van der Waals surface area contributed by atoms with Gasteiger partial charge >= 0.3 is 5.97 Å². The summed E-state index contributed by atoms with van der Waals surface area (Å²) < 4.78 is 32.4. The summed E-state index contributed by atoms with van der Waals surface area (Å²) >= 11 is 1.55. The van der Waals surface area contributed by atoms with Crippen molar-refractivity contribution in [2.75, 3.05) is 38.5 Å². The molecule has 2 aromatic carbocycles. The number of rotatable bonds is 8. The molecule has 0 aliphatic carbocycles. The molecule has 0 N–H and O–H groups in total. The lowest BCUT2D eigenvalue weighted by Crippen LogP contribution is -2.51. The number of hydrogen-bond donors (Lipinski definition) is 0. The number of carbonyl (C=O) groups is 2. The van der Waals surface area contributed by atoms with Crippen molar-refractivity contribution in [2.24, 2.45) is 0 Å². The lowest BCUT2D eigenvalue weighted by Gasteiger charge is -2.34. The Morgan fingerprint density at radius 2 is 1.69 bits per heavy atom. The van der Waals surface area contributed by atoms with Gasteiger partial charge in [0.05, 0.1) is 11.3 Å². The van der Waals surface area contributed by atoms with Crippen molar-refractivity contribution in [1.82, 2.24) is 9.21 Å². The Balaban J connectivity index is 1.42. The molecule has 1 saturated heterocycles. The van der Waals surface area contributed by atoms with Crippen LogP contribution in [0.5, 0.6) is 0 Å². The van der Waals surface area contributed by atoms with Gasteiger partial charge in [0.2, 0.25) is 10.0 Å². The van der Waals surface area contributed by atoms with Crippen LogP contribution in [0, 0.1) is 13.8 Å².